The molecule has 0 aliphatic heterocycles. The van der Waals surface area contributed by atoms with Gasteiger partial charge in [0.1, 0.15) is 0 Å². The fraction of sp³-hybridized carbons (Fsp3) is 0.308. The van der Waals surface area contributed by atoms with E-state index in [0.717, 1.165) is 16.8 Å². The molecule has 0 radical (unpaired) electrons. The summed E-state index contributed by atoms with van der Waals surface area (Å²) in [6.07, 6.45) is 1.81. The Morgan fingerprint density at radius 1 is 1.22 bits per heavy atom. The smallest absolute Gasteiger partial charge is 0.161 e. The Labute approximate surface area is 106 Å². The molecule has 0 atom stereocenters. The molecule has 96 valence electrons. The van der Waals surface area contributed by atoms with Crippen LogP contribution in [0.2, 0.25) is 0 Å². The average Bonchev–Trinajstić information content (AvgIpc) is 2.78. The number of nitrogens with zero attached hydrogens (tertiary/aromatic N) is 2. The predicted octanol–water partition coefficient (Wildman–Crippen LogP) is 1.56. The first-order valence-electron chi connectivity index (χ1n) is 5.64. The normalized spacial score (nSPS) is 10.4. The maximum atomic E-state index is 5.74. The lowest BCUT2D eigenvalue weighted by molar-refractivity contribution is 0.355. The van der Waals surface area contributed by atoms with Crippen LogP contribution in [0.1, 0.15) is 5.69 Å². The number of benzene rings is 1. The maximum Gasteiger partial charge on any atom is 0.161 e. The predicted molar refractivity (Wildman–Crippen MR) is 69.6 cm³/mol. The van der Waals surface area contributed by atoms with E-state index in [-0.39, 0.29) is 0 Å². The van der Waals surface area contributed by atoms with Crippen molar-refractivity contribution in [2.45, 2.75) is 6.54 Å². The second kappa shape index (κ2) is 5.10. The largest absolute Gasteiger partial charge is 0.493 e. The van der Waals surface area contributed by atoms with Crippen molar-refractivity contribution in [2.24, 2.45) is 12.8 Å². The fourth-order valence-corrected chi connectivity index (χ4v) is 1.95. The number of aromatic nitrogens is 2. The van der Waals surface area contributed by atoms with Crippen molar-refractivity contribution >= 4 is 0 Å². The summed E-state index contributed by atoms with van der Waals surface area (Å²) in [6, 6.07) is 5.77. The van der Waals surface area contributed by atoms with Gasteiger partial charge in [-0.2, -0.15) is 5.10 Å². The molecule has 0 saturated carbocycles. The summed E-state index contributed by atoms with van der Waals surface area (Å²) in [4.78, 5) is 0. The number of methoxy groups -OCH3 is 2. The van der Waals surface area contributed by atoms with Gasteiger partial charge < -0.3 is 15.2 Å². The quantitative estimate of drug-likeness (QED) is 0.890. The van der Waals surface area contributed by atoms with E-state index in [1.54, 1.807) is 18.9 Å². The summed E-state index contributed by atoms with van der Waals surface area (Å²) >= 11 is 0. The molecule has 18 heavy (non-hydrogen) atoms. The maximum absolute atomic E-state index is 5.74. The van der Waals surface area contributed by atoms with E-state index < -0.39 is 0 Å². The summed E-state index contributed by atoms with van der Waals surface area (Å²) in [6.45, 7) is 0.445. The highest BCUT2D eigenvalue weighted by atomic mass is 16.5. The van der Waals surface area contributed by atoms with Crippen LogP contribution < -0.4 is 15.2 Å². The van der Waals surface area contributed by atoms with Crippen molar-refractivity contribution in [3.05, 3.63) is 30.1 Å². The van der Waals surface area contributed by atoms with E-state index in [4.69, 9.17) is 15.2 Å². The van der Waals surface area contributed by atoms with Gasteiger partial charge in [0.2, 0.25) is 0 Å². The molecule has 0 aliphatic rings. The van der Waals surface area contributed by atoms with Crippen LogP contribution in [0.15, 0.2) is 24.4 Å². The first kappa shape index (κ1) is 12.4. The molecule has 0 aliphatic carbocycles. The van der Waals surface area contributed by atoms with Crippen molar-refractivity contribution in [3.8, 4) is 22.6 Å². The molecule has 0 fully saturated rings. The summed E-state index contributed by atoms with van der Waals surface area (Å²) < 4.78 is 12.3. The molecule has 2 N–H and O–H groups in total. The van der Waals surface area contributed by atoms with E-state index in [9.17, 15) is 0 Å². The highest BCUT2D eigenvalue weighted by Gasteiger charge is 2.12. The molecule has 2 rings (SSSR count). The molecule has 0 unspecified atom stereocenters. The van der Waals surface area contributed by atoms with Gasteiger partial charge in [-0.15, -0.1) is 0 Å². The molecule has 5 heteroatoms. The lowest BCUT2D eigenvalue weighted by Crippen LogP contribution is -2.05. The molecule has 1 heterocycles. The van der Waals surface area contributed by atoms with Gasteiger partial charge in [-0.05, 0) is 17.7 Å². The van der Waals surface area contributed by atoms with Crippen LogP contribution in [0.25, 0.3) is 11.1 Å². The third-order valence-corrected chi connectivity index (χ3v) is 2.95. The number of hydrogen-bond acceptors (Lipinski definition) is 4. The SMILES string of the molecule is COc1ccc(-c2cnn(C)c2CN)cc1OC. The first-order valence-corrected chi connectivity index (χ1v) is 5.64. The molecule has 5 nitrogen and oxygen atoms in total. The van der Waals surface area contributed by atoms with E-state index >= 15 is 0 Å². The highest BCUT2D eigenvalue weighted by molar-refractivity contribution is 5.68. The molecule has 0 spiro atoms. The lowest BCUT2D eigenvalue weighted by atomic mass is 10.1. The minimum absolute atomic E-state index is 0.445. The van der Waals surface area contributed by atoms with Crippen LogP contribution in [0, 0.1) is 0 Å². The zero-order valence-electron chi connectivity index (χ0n) is 10.8. The van der Waals surface area contributed by atoms with Crippen LogP contribution in [0.4, 0.5) is 0 Å². The van der Waals surface area contributed by atoms with E-state index in [0.29, 0.717) is 18.0 Å². The summed E-state index contributed by atoms with van der Waals surface area (Å²) in [5, 5.41) is 4.23. The second-order valence-electron chi connectivity index (χ2n) is 3.90. The molecular formula is C13H17N3O2. The zero-order valence-corrected chi connectivity index (χ0v) is 10.8. The van der Waals surface area contributed by atoms with Gasteiger partial charge in [0.15, 0.2) is 11.5 Å². The van der Waals surface area contributed by atoms with Crippen LogP contribution in [0.5, 0.6) is 11.5 Å². The van der Waals surface area contributed by atoms with Crippen molar-refractivity contribution in [2.75, 3.05) is 14.2 Å². The third kappa shape index (κ3) is 2.04. The Kier molecular flexibility index (Phi) is 3.53. The number of aryl methyl sites for hydroxylation is 1. The average molecular weight is 247 g/mol. The Morgan fingerprint density at radius 2 is 1.94 bits per heavy atom. The van der Waals surface area contributed by atoms with E-state index in [1.807, 2.05) is 31.4 Å². The highest BCUT2D eigenvalue weighted by Crippen LogP contribution is 2.33. The second-order valence-corrected chi connectivity index (χ2v) is 3.90. The molecule has 0 saturated heterocycles. The van der Waals surface area contributed by atoms with Crippen LogP contribution >= 0.6 is 0 Å². The Bertz CT molecular complexity index is 549. The van der Waals surface area contributed by atoms with Crippen LogP contribution in [-0.2, 0) is 13.6 Å². The molecule has 1 aromatic carbocycles. The van der Waals surface area contributed by atoms with Crippen molar-refractivity contribution in [1.29, 1.82) is 0 Å². The number of ether oxygens (including phenoxy) is 2. The van der Waals surface area contributed by atoms with Gasteiger partial charge in [-0.25, -0.2) is 0 Å². The number of hydrogen-bond donors (Lipinski definition) is 1. The summed E-state index contributed by atoms with van der Waals surface area (Å²) in [5.41, 5.74) is 8.76. The standard InChI is InChI=1S/C13H17N3O2/c1-16-11(7-14)10(8-15-16)9-4-5-12(17-2)13(6-9)18-3/h4-6,8H,7,14H2,1-3H3. The molecule has 0 amide bonds. The van der Waals surface area contributed by atoms with Gasteiger partial charge in [-0.3, -0.25) is 4.68 Å². The fourth-order valence-electron chi connectivity index (χ4n) is 1.95. The summed E-state index contributed by atoms with van der Waals surface area (Å²) in [5.74, 6) is 1.40. The van der Waals surface area contributed by atoms with Gasteiger partial charge in [0.25, 0.3) is 0 Å². The minimum atomic E-state index is 0.445. The van der Waals surface area contributed by atoms with Gasteiger partial charge >= 0.3 is 0 Å². The zero-order chi connectivity index (χ0) is 13.1. The van der Waals surface area contributed by atoms with Crippen LogP contribution in [0.3, 0.4) is 0 Å². The van der Waals surface area contributed by atoms with Crippen LogP contribution in [-0.4, -0.2) is 24.0 Å². The minimum Gasteiger partial charge on any atom is -0.493 e. The van der Waals surface area contributed by atoms with Gasteiger partial charge in [-0.1, -0.05) is 6.07 Å². The lowest BCUT2D eigenvalue weighted by Gasteiger charge is -2.10. The van der Waals surface area contributed by atoms with Crippen molar-refractivity contribution < 1.29 is 9.47 Å². The topological polar surface area (TPSA) is 62.3 Å². The first-order chi connectivity index (χ1) is 8.71. The Hall–Kier alpha value is -2.01. The monoisotopic (exact) mass is 247 g/mol. The molecular weight excluding hydrogens is 230 g/mol. The molecule has 2 aromatic rings. The Morgan fingerprint density at radius 3 is 2.56 bits per heavy atom. The van der Waals surface area contributed by atoms with E-state index in [2.05, 4.69) is 5.10 Å². The van der Waals surface area contributed by atoms with Crippen molar-refractivity contribution in [3.63, 3.8) is 0 Å². The molecule has 0 bridgehead atoms. The third-order valence-electron chi connectivity index (χ3n) is 2.95. The number of nitrogens with two attached hydrogens (primary N) is 1. The van der Waals surface area contributed by atoms with Gasteiger partial charge in [0.05, 0.1) is 26.1 Å². The Balaban J connectivity index is 2.50. The molecule has 1 aromatic heterocycles. The van der Waals surface area contributed by atoms with Crippen molar-refractivity contribution in [1.82, 2.24) is 9.78 Å². The van der Waals surface area contributed by atoms with Gasteiger partial charge in [0, 0.05) is 19.2 Å². The number of rotatable bonds is 4. The van der Waals surface area contributed by atoms with E-state index in [1.165, 1.54) is 0 Å². The summed E-state index contributed by atoms with van der Waals surface area (Å²) in [7, 11) is 5.12.